The summed E-state index contributed by atoms with van der Waals surface area (Å²) < 4.78 is 20.4. The molecule has 2 heterocycles. The summed E-state index contributed by atoms with van der Waals surface area (Å²) in [5, 5.41) is 0. The van der Waals surface area contributed by atoms with Gasteiger partial charge in [0.1, 0.15) is 5.82 Å². The number of carbonyl (C=O) groups is 1. The summed E-state index contributed by atoms with van der Waals surface area (Å²) in [6.45, 7) is 1.53. The lowest BCUT2D eigenvalue weighted by atomic mass is 10.1. The maximum Gasteiger partial charge on any atom is 0.257 e. The van der Waals surface area contributed by atoms with Crippen LogP contribution in [0.2, 0.25) is 0 Å². The van der Waals surface area contributed by atoms with Gasteiger partial charge in [-0.1, -0.05) is 22.0 Å². The molecule has 126 valence electrons. The van der Waals surface area contributed by atoms with Gasteiger partial charge in [-0.25, -0.2) is 4.39 Å². The van der Waals surface area contributed by atoms with Crippen LogP contribution in [0.25, 0.3) is 0 Å². The number of ether oxygens (including phenoxy) is 1. The summed E-state index contributed by atoms with van der Waals surface area (Å²) in [6, 6.07) is 8.12. The van der Waals surface area contributed by atoms with E-state index in [-0.39, 0.29) is 17.6 Å². The van der Waals surface area contributed by atoms with Crippen molar-refractivity contribution in [2.24, 2.45) is 0 Å². The van der Waals surface area contributed by atoms with Gasteiger partial charge in [-0.3, -0.25) is 9.78 Å². The van der Waals surface area contributed by atoms with Crippen LogP contribution in [0.15, 0.2) is 47.2 Å². The predicted octanol–water partition coefficient (Wildman–Crippen LogP) is 3.80. The molecule has 1 aromatic heterocycles. The van der Waals surface area contributed by atoms with Crippen molar-refractivity contribution in [2.75, 3.05) is 13.2 Å². The zero-order chi connectivity index (χ0) is 16.9. The number of amides is 1. The lowest BCUT2D eigenvalue weighted by molar-refractivity contribution is 0.0503. The molecular formula is C18H18BrFN2O2. The summed E-state index contributed by atoms with van der Waals surface area (Å²) in [5.74, 6) is -0.861. The van der Waals surface area contributed by atoms with Gasteiger partial charge in [0, 0.05) is 36.6 Å². The Balaban J connectivity index is 1.84. The van der Waals surface area contributed by atoms with Crippen molar-refractivity contribution in [3.05, 3.63) is 64.1 Å². The quantitative estimate of drug-likeness (QED) is 0.776. The molecule has 0 radical (unpaired) electrons. The molecule has 0 N–H and O–H groups in total. The van der Waals surface area contributed by atoms with Gasteiger partial charge in [0.25, 0.3) is 5.91 Å². The molecule has 0 bridgehead atoms. The van der Waals surface area contributed by atoms with Crippen LogP contribution in [0.5, 0.6) is 0 Å². The van der Waals surface area contributed by atoms with E-state index in [4.69, 9.17) is 4.74 Å². The van der Waals surface area contributed by atoms with Crippen LogP contribution < -0.4 is 0 Å². The van der Waals surface area contributed by atoms with Crippen LogP contribution in [0, 0.1) is 5.82 Å². The van der Waals surface area contributed by atoms with Crippen molar-refractivity contribution in [3.63, 3.8) is 0 Å². The smallest absolute Gasteiger partial charge is 0.257 e. The lowest BCUT2D eigenvalue weighted by Crippen LogP contribution is -2.37. The summed E-state index contributed by atoms with van der Waals surface area (Å²) >= 11 is 3.30. The Morgan fingerprint density at radius 1 is 1.42 bits per heavy atom. The number of carbonyl (C=O) groups excluding carboxylic acids is 1. The zero-order valence-electron chi connectivity index (χ0n) is 13.1. The van der Waals surface area contributed by atoms with E-state index in [0.29, 0.717) is 24.2 Å². The lowest BCUT2D eigenvalue weighted by Gasteiger charge is -2.26. The largest absolute Gasteiger partial charge is 0.376 e. The molecule has 0 spiro atoms. The fourth-order valence-electron chi connectivity index (χ4n) is 2.80. The highest BCUT2D eigenvalue weighted by atomic mass is 79.9. The molecule has 1 aromatic carbocycles. The highest BCUT2D eigenvalue weighted by molar-refractivity contribution is 9.10. The normalized spacial score (nSPS) is 17.0. The van der Waals surface area contributed by atoms with Crippen molar-refractivity contribution in [1.29, 1.82) is 0 Å². The minimum absolute atomic E-state index is 0.000774. The molecule has 1 amide bonds. The number of rotatable bonds is 5. The second-order valence-electron chi connectivity index (χ2n) is 5.81. The third kappa shape index (κ3) is 4.19. The fraction of sp³-hybridized carbons (Fsp3) is 0.333. The van der Waals surface area contributed by atoms with Crippen molar-refractivity contribution >= 4 is 21.8 Å². The van der Waals surface area contributed by atoms with Crippen molar-refractivity contribution in [1.82, 2.24) is 9.88 Å². The van der Waals surface area contributed by atoms with Gasteiger partial charge in [-0.05, 0) is 42.7 Å². The number of halogens is 2. The van der Waals surface area contributed by atoms with E-state index in [1.165, 1.54) is 12.1 Å². The monoisotopic (exact) mass is 392 g/mol. The second-order valence-corrected chi connectivity index (χ2v) is 6.72. The Labute approximate surface area is 148 Å². The summed E-state index contributed by atoms with van der Waals surface area (Å²) in [5.41, 5.74) is 0.963. The van der Waals surface area contributed by atoms with Gasteiger partial charge in [-0.2, -0.15) is 0 Å². The van der Waals surface area contributed by atoms with Crippen molar-refractivity contribution < 1.29 is 13.9 Å². The topological polar surface area (TPSA) is 42.4 Å². The molecule has 6 heteroatoms. The average molecular weight is 393 g/mol. The van der Waals surface area contributed by atoms with Crippen LogP contribution in [0.1, 0.15) is 28.8 Å². The maximum atomic E-state index is 14.1. The molecule has 1 atom stereocenters. The Morgan fingerprint density at radius 3 is 3.00 bits per heavy atom. The number of aromatic nitrogens is 1. The van der Waals surface area contributed by atoms with Crippen molar-refractivity contribution in [3.8, 4) is 0 Å². The molecule has 0 saturated carbocycles. The standard InChI is InChI=1S/C18H18BrFN2O2/c19-14-5-6-17(20)16(9-14)18(23)22(12-15-4-2-8-24-15)11-13-3-1-7-21-10-13/h1,3,5-7,9-10,15H,2,4,8,11-12H2. The third-order valence-corrected chi connectivity index (χ3v) is 4.48. The first-order valence-corrected chi connectivity index (χ1v) is 8.67. The molecule has 2 aromatic rings. The highest BCUT2D eigenvalue weighted by Crippen LogP contribution is 2.21. The van der Waals surface area contributed by atoms with E-state index in [1.54, 1.807) is 23.4 Å². The number of pyridine rings is 1. The predicted molar refractivity (Wildman–Crippen MR) is 92.1 cm³/mol. The maximum absolute atomic E-state index is 14.1. The Kier molecular flexibility index (Phi) is 5.58. The summed E-state index contributed by atoms with van der Waals surface area (Å²) in [6.07, 6.45) is 5.31. The third-order valence-electron chi connectivity index (χ3n) is 3.99. The first-order chi connectivity index (χ1) is 11.6. The number of hydrogen-bond acceptors (Lipinski definition) is 3. The minimum atomic E-state index is -0.522. The Bertz CT molecular complexity index is 705. The van der Waals surface area contributed by atoms with Crippen LogP contribution in [0.4, 0.5) is 4.39 Å². The molecule has 1 aliphatic heterocycles. The van der Waals surface area contributed by atoms with Crippen LogP contribution >= 0.6 is 15.9 Å². The molecule has 1 aliphatic rings. The van der Waals surface area contributed by atoms with E-state index in [0.717, 1.165) is 18.4 Å². The number of nitrogens with zero attached hydrogens (tertiary/aromatic N) is 2. The molecule has 24 heavy (non-hydrogen) atoms. The second kappa shape index (κ2) is 7.85. The molecule has 3 rings (SSSR count). The van der Waals surface area contributed by atoms with Crippen molar-refractivity contribution in [2.45, 2.75) is 25.5 Å². The van der Waals surface area contributed by atoms with Crippen LogP contribution in [-0.4, -0.2) is 35.0 Å². The summed E-state index contributed by atoms with van der Waals surface area (Å²) in [4.78, 5) is 18.6. The van der Waals surface area contributed by atoms with Gasteiger partial charge >= 0.3 is 0 Å². The molecular weight excluding hydrogens is 375 g/mol. The Hall–Kier alpha value is -1.79. The average Bonchev–Trinajstić information content (AvgIpc) is 3.10. The van der Waals surface area contributed by atoms with Gasteiger partial charge in [0.05, 0.1) is 11.7 Å². The van der Waals surface area contributed by atoms with E-state index in [1.807, 2.05) is 12.1 Å². The van der Waals surface area contributed by atoms with Gasteiger partial charge in [0.15, 0.2) is 0 Å². The van der Waals surface area contributed by atoms with E-state index in [9.17, 15) is 9.18 Å². The van der Waals surface area contributed by atoms with E-state index >= 15 is 0 Å². The van der Waals surface area contributed by atoms with Gasteiger partial charge < -0.3 is 9.64 Å². The van der Waals surface area contributed by atoms with Crippen LogP contribution in [0.3, 0.4) is 0 Å². The molecule has 0 aliphatic carbocycles. The Morgan fingerprint density at radius 2 is 2.29 bits per heavy atom. The van der Waals surface area contributed by atoms with Gasteiger partial charge in [0.2, 0.25) is 0 Å². The minimum Gasteiger partial charge on any atom is -0.376 e. The van der Waals surface area contributed by atoms with E-state index in [2.05, 4.69) is 20.9 Å². The molecule has 4 nitrogen and oxygen atoms in total. The fourth-order valence-corrected chi connectivity index (χ4v) is 3.16. The first-order valence-electron chi connectivity index (χ1n) is 7.88. The zero-order valence-corrected chi connectivity index (χ0v) is 14.7. The molecule has 1 fully saturated rings. The summed E-state index contributed by atoms with van der Waals surface area (Å²) in [7, 11) is 0. The SMILES string of the molecule is O=C(c1cc(Br)ccc1F)N(Cc1cccnc1)CC1CCCO1. The molecule has 1 saturated heterocycles. The number of hydrogen-bond donors (Lipinski definition) is 0. The number of benzene rings is 1. The van der Waals surface area contributed by atoms with Gasteiger partial charge in [-0.15, -0.1) is 0 Å². The molecule has 1 unspecified atom stereocenters. The van der Waals surface area contributed by atoms with Crippen LogP contribution in [-0.2, 0) is 11.3 Å². The first kappa shape index (κ1) is 17.0. The van der Waals surface area contributed by atoms with E-state index < -0.39 is 5.82 Å². The highest BCUT2D eigenvalue weighted by Gasteiger charge is 2.25.